The van der Waals surface area contributed by atoms with Crippen LogP contribution in [-0.2, 0) is 16.4 Å². The first-order valence-corrected chi connectivity index (χ1v) is 13.2. The Morgan fingerprint density at radius 1 is 1.12 bits per heavy atom. The standard InChI is InChI=1S/C24H29N5O3S/c1-16-21(17(2)28(25-16)20-11-12-33(31,32)15-20)14-27(3)24(30)23-13-22(18-9-10-18)26-29(23)19-7-5-4-6-8-19/h4-8,13,18,20H,9-12,14-15H2,1-3H3/t20-/m1/s1. The minimum atomic E-state index is -3.00. The van der Waals surface area contributed by atoms with Crippen LogP contribution in [-0.4, -0.2) is 57.3 Å². The number of aromatic nitrogens is 4. The second kappa shape index (κ2) is 8.13. The largest absolute Gasteiger partial charge is 0.336 e. The minimum absolute atomic E-state index is 0.103. The molecular weight excluding hydrogens is 438 g/mol. The molecule has 3 aromatic rings. The lowest BCUT2D eigenvalue weighted by Gasteiger charge is -2.19. The first-order valence-electron chi connectivity index (χ1n) is 11.4. The van der Waals surface area contributed by atoms with Crippen LogP contribution in [0.1, 0.15) is 64.4 Å². The summed E-state index contributed by atoms with van der Waals surface area (Å²) in [5.74, 6) is 0.672. The lowest BCUT2D eigenvalue weighted by molar-refractivity contribution is 0.0775. The zero-order valence-corrected chi connectivity index (χ0v) is 20.0. The first-order chi connectivity index (χ1) is 15.7. The van der Waals surface area contributed by atoms with Crippen LogP contribution in [0.4, 0.5) is 0 Å². The summed E-state index contributed by atoms with van der Waals surface area (Å²) in [5, 5.41) is 9.39. The van der Waals surface area contributed by atoms with Crippen LogP contribution in [0.2, 0.25) is 0 Å². The molecule has 33 heavy (non-hydrogen) atoms. The maximum absolute atomic E-state index is 13.5. The van der Waals surface area contributed by atoms with E-state index in [1.807, 2.05) is 54.9 Å². The highest BCUT2D eigenvalue weighted by molar-refractivity contribution is 7.91. The van der Waals surface area contributed by atoms with E-state index in [2.05, 4.69) is 5.10 Å². The van der Waals surface area contributed by atoms with E-state index in [1.54, 1.807) is 16.6 Å². The van der Waals surface area contributed by atoms with Gasteiger partial charge in [0.05, 0.1) is 34.6 Å². The molecule has 0 bridgehead atoms. The van der Waals surface area contributed by atoms with Crippen molar-refractivity contribution in [3.05, 3.63) is 64.7 Å². The summed E-state index contributed by atoms with van der Waals surface area (Å²) >= 11 is 0. The summed E-state index contributed by atoms with van der Waals surface area (Å²) in [6.07, 6.45) is 2.81. The van der Waals surface area contributed by atoms with E-state index >= 15 is 0 Å². The fourth-order valence-corrected chi connectivity index (χ4v) is 6.34. The maximum atomic E-state index is 13.5. The van der Waals surface area contributed by atoms with Gasteiger partial charge in [-0.2, -0.15) is 10.2 Å². The van der Waals surface area contributed by atoms with Gasteiger partial charge in [-0.1, -0.05) is 18.2 Å². The fourth-order valence-electron chi connectivity index (χ4n) is 4.65. The molecule has 1 atom stereocenters. The molecule has 1 aliphatic heterocycles. The molecule has 1 aromatic carbocycles. The van der Waals surface area contributed by atoms with Crippen LogP contribution in [0.25, 0.3) is 5.69 Å². The summed E-state index contributed by atoms with van der Waals surface area (Å²) < 4.78 is 27.5. The van der Waals surface area contributed by atoms with Gasteiger partial charge in [-0.05, 0) is 51.3 Å². The van der Waals surface area contributed by atoms with Gasteiger partial charge < -0.3 is 4.90 Å². The monoisotopic (exact) mass is 467 g/mol. The lowest BCUT2D eigenvalue weighted by atomic mass is 10.1. The van der Waals surface area contributed by atoms with Crippen molar-refractivity contribution in [2.24, 2.45) is 0 Å². The Kier molecular flexibility index (Phi) is 5.39. The molecule has 1 saturated heterocycles. The molecule has 1 amide bonds. The van der Waals surface area contributed by atoms with Gasteiger partial charge in [0.15, 0.2) is 9.84 Å². The Morgan fingerprint density at radius 2 is 1.85 bits per heavy atom. The van der Waals surface area contributed by atoms with Crippen molar-refractivity contribution in [3.63, 3.8) is 0 Å². The number of nitrogens with zero attached hydrogens (tertiary/aromatic N) is 5. The summed E-state index contributed by atoms with van der Waals surface area (Å²) in [5.41, 5.74) is 5.09. The second-order valence-corrected chi connectivity index (χ2v) is 11.5. The molecule has 8 nitrogen and oxygen atoms in total. The molecule has 5 rings (SSSR count). The Morgan fingerprint density at radius 3 is 2.48 bits per heavy atom. The highest BCUT2D eigenvalue weighted by atomic mass is 32.2. The zero-order chi connectivity index (χ0) is 23.3. The SMILES string of the molecule is Cc1nn([C@@H]2CCS(=O)(=O)C2)c(C)c1CN(C)C(=O)c1cc(C2CC2)nn1-c1ccccc1. The molecule has 1 aliphatic carbocycles. The van der Waals surface area contributed by atoms with Gasteiger partial charge in [0.2, 0.25) is 0 Å². The van der Waals surface area contributed by atoms with E-state index in [4.69, 9.17) is 5.10 Å². The van der Waals surface area contributed by atoms with E-state index in [-0.39, 0.29) is 23.5 Å². The van der Waals surface area contributed by atoms with Crippen molar-refractivity contribution in [1.82, 2.24) is 24.5 Å². The van der Waals surface area contributed by atoms with Crippen LogP contribution < -0.4 is 0 Å². The predicted molar refractivity (Wildman–Crippen MR) is 125 cm³/mol. The number of carbonyl (C=O) groups excluding carboxylic acids is 1. The molecule has 2 aliphatic rings. The maximum Gasteiger partial charge on any atom is 0.272 e. The van der Waals surface area contributed by atoms with Gasteiger partial charge in [0.1, 0.15) is 5.69 Å². The second-order valence-electron chi connectivity index (χ2n) is 9.29. The molecule has 0 radical (unpaired) electrons. The van der Waals surface area contributed by atoms with Crippen molar-refractivity contribution >= 4 is 15.7 Å². The van der Waals surface area contributed by atoms with E-state index in [0.717, 1.165) is 41.2 Å². The van der Waals surface area contributed by atoms with Crippen molar-refractivity contribution in [2.45, 2.75) is 51.6 Å². The van der Waals surface area contributed by atoms with Crippen molar-refractivity contribution in [3.8, 4) is 5.69 Å². The third-order valence-electron chi connectivity index (χ3n) is 6.71. The van der Waals surface area contributed by atoms with Gasteiger partial charge >= 0.3 is 0 Å². The average molecular weight is 468 g/mol. The minimum Gasteiger partial charge on any atom is -0.336 e. The number of hydrogen-bond acceptors (Lipinski definition) is 5. The molecule has 2 fully saturated rings. The van der Waals surface area contributed by atoms with E-state index in [9.17, 15) is 13.2 Å². The summed E-state index contributed by atoms with van der Waals surface area (Å²) in [6, 6.07) is 11.5. The Labute approximate surface area is 194 Å². The molecule has 174 valence electrons. The van der Waals surface area contributed by atoms with Crippen LogP contribution in [0.15, 0.2) is 36.4 Å². The lowest BCUT2D eigenvalue weighted by Crippen LogP contribution is -2.28. The number of carbonyl (C=O) groups is 1. The average Bonchev–Trinajstić information content (AvgIpc) is 3.36. The Bertz CT molecular complexity index is 1310. The number of rotatable bonds is 6. The topological polar surface area (TPSA) is 90.1 Å². The molecule has 9 heteroatoms. The van der Waals surface area contributed by atoms with Crippen LogP contribution in [0.3, 0.4) is 0 Å². The number of amides is 1. The van der Waals surface area contributed by atoms with Gasteiger partial charge in [-0.25, -0.2) is 13.1 Å². The third-order valence-corrected chi connectivity index (χ3v) is 8.47. The Balaban J connectivity index is 1.41. The zero-order valence-electron chi connectivity index (χ0n) is 19.2. The Hall–Kier alpha value is -2.94. The molecular formula is C24H29N5O3S. The third kappa shape index (κ3) is 4.21. The normalized spacial score (nSPS) is 19.7. The number of sulfone groups is 1. The summed E-state index contributed by atoms with van der Waals surface area (Å²) in [6.45, 7) is 4.27. The van der Waals surface area contributed by atoms with Crippen molar-refractivity contribution in [1.29, 1.82) is 0 Å². The molecule has 0 N–H and O–H groups in total. The van der Waals surface area contributed by atoms with Crippen LogP contribution >= 0.6 is 0 Å². The van der Waals surface area contributed by atoms with Gasteiger partial charge in [-0.3, -0.25) is 9.48 Å². The first kappa shape index (κ1) is 21.9. The van der Waals surface area contributed by atoms with E-state index < -0.39 is 9.84 Å². The van der Waals surface area contributed by atoms with Crippen LogP contribution in [0, 0.1) is 13.8 Å². The summed E-state index contributed by atoms with van der Waals surface area (Å²) in [4.78, 5) is 15.2. The highest BCUT2D eigenvalue weighted by Gasteiger charge is 2.33. The van der Waals surface area contributed by atoms with Crippen molar-refractivity contribution < 1.29 is 13.2 Å². The highest BCUT2D eigenvalue weighted by Crippen LogP contribution is 2.40. The van der Waals surface area contributed by atoms with Crippen LogP contribution in [0.5, 0.6) is 0 Å². The number of hydrogen-bond donors (Lipinski definition) is 0. The summed E-state index contributed by atoms with van der Waals surface area (Å²) in [7, 11) is -1.21. The van der Waals surface area contributed by atoms with Gasteiger partial charge in [0.25, 0.3) is 5.91 Å². The molecule has 3 heterocycles. The fraction of sp³-hybridized carbons (Fsp3) is 0.458. The predicted octanol–water partition coefficient (Wildman–Crippen LogP) is 3.19. The van der Waals surface area contributed by atoms with E-state index in [0.29, 0.717) is 24.6 Å². The molecule has 1 saturated carbocycles. The molecule has 2 aromatic heterocycles. The molecule has 0 unspecified atom stereocenters. The number of aryl methyl sites for hydroxylation is 1. The number of para-hydroxylation sites is 1. The smallest absolute Gasteiger partial charge is 0.272 e. The van der Waals surface area contributed by atoms with E-state index in [1.165, 1.54) is 0 Å². The number of benzene rings is 1. The quantitative estimate of drug-likeness (QED) is 0.555. The molecule has 0 spiro atoms. The van der Waals surface area contributed by atoms with Crippen molar-refractivity contribution in [2.75, 3.05) is 18.6 Å². The van der Waals surface area contributed by atoms with Gasteiger partial charge in [0, 0.05) is 30.8 Å². The van der Waals surface area contributed by atoms with Gasteiger partial charge in [-0.15, -0.1) is 0 Å².